The summed E-state index contributed by atoms with van der Waals surface area (Å²) in [5.74, 6) is -0.901. The molecule has 1 saturated heterocycles. The van der Waals surface area contributed by atoms with Crippen molar-refractivity contribution in [3.8, 4) is 6.07 Å². The van der Waals surface area contributed by atoms with Gasteiger partial charge >= 0.3 is 5.97 Å². The van der Waals surface area contributed by atoms with Gasteiger partial charge in [0, 0.05) is 7.05 Å². The highest BCUT2D eigenvalue weighted by atomic mass is 16.5. The second-order valence-corrected chi connectivity index (χ2v) is 4.57. The van der Waals surface area contributed by atoms with Crippen molar-refractivity contribution in [3.05, 3.63) is 35.9 Å². The third-order valence-electron chi connectivity index (χ3n) is 3.54. The summed E-state index contributed by atoms with van der Waals surface area (Å²) in [6.07, 6.45) is -0.147. The summed E-state index contributed by atoms with van der Waals surface area (Å²) in [6.45, 7) is 0. The number of hydrogen-bond acceptors (Lipinski definition) is 4. The number of rotatable bonds is 2. The quantitative estimate of drug-likeness (QED) is 0.749. The van der Waals surface area contributed by atoms with Crippen molar-refractivity contribution in [2.24, 2.45) is 5.41 Å². The molecule has 0 unspecified atom stereocenters. The zero-order valence-electron chi connectivity index (χ0n) is 10.8. The van der Waals surface area contributed by atoms with Crippen LogP contribution in [0.5, 0.6) is 0 Å². The molecule has 0 saturated carbocycles. The predicted octanol–water partition coefficient (Wildman–Crippen LogP) is 1.27. The van der Waals surface area contributed by atoms with E-state index in [1.54, 1.807) is 19.2 Å². The first-order valence-corrected chi connectivity index (χ1v) is 5.87. The molecule has 0 N–H and O–H groups in total. The zero-order chi connectivity index (χ0) is 14.0. The Morgan fingerprint density at radius 2 is 2.11 bits per heavy atom. The number of esters is 1. The molecular formula is C14H14N2O3. The van der Waals surface area contributed by atoms with Crippen LogP contribution in [-0.4, -0.2) is 30.9 Å². The number of methoxy groups -OCH3 is 1. The number of amides is 1. The Morgan fingerprint density at radius 3 is 2.63 bits per heavy atom. The number of ether oxygens (including phenoxy) is 1. The number of nitriles is 1. The van der Waals surface area contributed by atoms with E-state index in [1.807, 2.05) is 24.3 Å². The van der Waals surface area contributed by atoms with Crippen LogP contribution < -0.4 is 0 Å². The van der Waals surface area contributed by atoms with Crippen molar-refractivity contribution < 1.29 is 14.3 Å². The van der Waals surface area contributed by atoms with E-state index in [-0.39, 0.29) is 12.3 Å². The van der Waals surface area contributed by atoms with Crippen LogP contribution in [0.1, 0.15) is 18.0 Å². The van der Waals surface area contributed by atoms with Gasteiger partial charge in [0.05, 0.1) is 25.6 Å². The summed E-state index contributed by atoms with van der Waals surface area (Å²) in [4.78, 5) is 25.4. The molecule has 0 spiro atoms. The van der Waals surface area contributed by atoms with Crippen LogP contribution in [0, 0.1) is 16.7 Å². The molecule has 0 aromatic heterocycles. The van der Waals surface area contributed by atoms with Crippen LogP contribution in [-0.2, 0) is 14.3 Å². The molecule has 5 heteroatoms. The molecule has 1 aromatic rings. The van der Waals surface area contributed by atoms with Gasteiger partial charge in [0.15, 0.2) is 5.41 Å². The monoisotopic (exact) mass is 258 g/mol. The number of carbonyl (C=O) groups is 2. The lowest BCUT2D eigenvalue weighted by molar-refractivity contribution is -0.150. The van der Waals surface area contributed by atoms with Crippen LogP contribution in [0.25, 0.3) is 0 Å². The average molecular weight is 258 g/mol. The molecule has 1 heterocycles. The highest BCUT2D eigenvalue weighted by molar-refractivity contribution is 5.93. The Hall–Kier alpha value is -2.35. The summed E-state index contributed by atoms with van der Waals surface area (Å²) in [7, 11) is 2.83. The second-order valence-electron chi connectivity index (χ2n) is 4.57. The molecule has 98 valence electrons. The van der Waals surface area contributed by atoms with Gasteiger partial charge in [-0.05, 0) is 5.56 Å². The van der Waals surface area contributed by atoms with E-state index in [1.165, 1.54) is 12.0 Å². The molecule has 0 radical (unpaired) electrons. The first-order chi connectivity index (χ1) is 9.06. The molecule has 1 fully saturated rings. The Labute approximate surface area is 111 Å². The highest BCUT2D eigenvalue weighted by Crippen LogP contribution is 2.47. The fourth-order valence-corrected chi connectivity index (χ4v) is 2.59. The lowest BCUT2D eigenvalue weighted by atomic mass is 9.78. The van der Waals surface area contributed by atoms with E-state index in [0.717, 1.165) is 5.56 Å². The van der Waals surface area contributed by atoms with Gasteiger partial charge in [0.25, 0.3) is 0 Å². The Morgan fingerprint density at radius 1 is 1.47 bits per heavy atom. The predicted molar refractivity (Wildman–Crippen MR) is 66.6 cm³/mol. The van der Waals surface area contributed by atoms with Gasteiger partial charge in [-0.3, -0.25) is 9.59 Å². The molecule has 0 aliphatic carbocycles. The lowest BCUT2D eigenvalue weighted by Crippen LogP contribution is -2.37. The molecular weight excluding hydrogens is 244 g/mol. The van der Waals surface area contributed by atoms with Gasteiger partial charge < -0.3 is 9.64 Å². The van der Waals surface area contributed by atoms with Crippen molar-refractivity contribution in [1.29, 1.82) is 5.26 Å². The van der Waals surface area contributed by atoms with E-state index >= 15 is 0 Å². The van der Waals surface area contributed by atoms with Gasteiger partial charge in [-0.15, -0.1) is 0 Å². The maximum atomic E-state index is 12.0. The van der Waals surface area contributed by atoms with Gasteiger partial charge in [0.2, 0.25) is 5.91 Å². The van der Waals surface area contributed by atoms with Crippen molar-refractivity contribution in [1.82, 2.24) is 4.90 Å². The second kappa shape index (κ2) is 4.73. The summed E-state index contributed by atoms with van der Waals surface area (Å²) >= 11 is 0. The molecule has 1 aliphatic heterocycles. The SMILES string of the molecule is COC(=O)[C@]1(C#N)CC(=O)N(C)[C@@H]1c1ccccc1. The van der Waals surface area contributed by atoms with E-state index in [0.29, 0.717) is 0 Å². The van der Waals surface area contributed by atoms with Crippen molar-refractivity contribution in [2.75, 3.05) is 14.2 Å². The smallest absolute Gasteiger partial charge is 0.329 e. The van der Waals surface area contributed by atoms with E-state index in [4.69, 9.17) is 4.74 Å². The molecule has 1 aliphatic rings. The lowest BCUT2D eigenvalue weighted by Gasteiger charge is -2.29. The normalized spacial score (nSPS) is 26.1. The standard InChI is InChI=1S/C14H14N2O3/c1-16-11(17)8-14(9-15,13(18)19-2)12(16)10-6-4-3-5-7-10/h3-7,12H,8H2,1-2H3/t12-,14+/m1/s1. The molecule has 2 atom stereocenters. The van der Waals surface area contributed by atoms with Gasteiger partial charge in [-0.2, -0.15) is 5.26 Å². The Kier molecular flexibility index (Phi) is 3.26. The molecule has 5 nitrogen and oxygen atoms in total. The number of benzene rings is 1. The zero-order valence-corrected chi connectivity index (χ0v) is 10.8. The van der Waals surface area contributed by atoms with E-state index in [2.05, 4.69) is 0 Å². The number of likely N-dealkylation sites (tertiary alicyclic amines) is 1. The maximum absolute atomic E-state index is 12.0. The van der Waals surface area contributed by atoms with E-state index in [9.17, 15) is 14.9 Å². The Balaban J connectivity index is 2.57. The largest absolute Gasteiger partial charge is 0.468 e. The van der Waals surface area contributed by atoms with Crippen molar-refractivity contribution in [2.45, 2.75) is 12.5 Å². The third kappa shape index (κ3) is 1.85. The minimum absolute atomic E-state index is 0.147. The fraction of sp³-hybridized carbons (Fsp3) is 0.357. The number of nitrogens with zero attached hydrogens (tertiary/aromatic N) is 2. The van der Waals surface area contributed by atoms with Crippen molar-refractivity contribution >= 4 is 11.9 Å². The van der Waals surface area contributed by atoms with E-state index < -0.39 is 17.4 Å². The molecule has 2 rings (SSSR count). The molecule has 1 amide bonds. The van der Waals surface area contributed by atoms with Crippen molar-refractivity contribution in [3.63, 3.8) is 0 Å². The molecule has 19 heavy (non-hydrogen) atoms. The van der Waals surface area contributed by atoms with Gasteiger partial charge in [0.1, 0.15) is 0 Å². The van der Waals surface area contributed by atoms with Crippen LogP contribution in [0.3, 0.4) is 0 Å². The highest BCUT2D eigenvalue weighted by Gasteiger charge is 2.57. The van der Waals surface area contributed by atoms with Gasteiger partial charge in [-0.25, -0.2) is 0 Å². The van der Waals surface area contributed by atoms with Crippen LogP contribution in [0.15, 0.2) is 30.3 Å². The number of carbonyl (C=O) groups excluding carboxylic acids is 2. The molecule has 0 bridgehead atoms. The average Bonchev–Trinajstić information content (AvgIpc) is 2.71. The number of hydrogen-bond donors (Lipinski definition) is 0. The first-order valence-electron chi connectivity index (χ1n) is 5.87. The summed E-state index contributed by atoms with van der Waals surface area (Å²) in [5, 5.41) is 9.46. The first kappa shape index (κ1) is 13.1. The Bertz CT molecular complexity index is 550. The van der Waals surface area contributed by atoms with Crippen LogP contribution in [0.2, 0.25) is 0 Å². The minimum atomic E-state index is -1.47. The van der Waals surface area contributed by atoms with Crippen LogP contribution in [0.4, 0.5) is 0 Å². The maximum Gasteiger partial charge on any atom is 0.329 e. The fourth-order valence-electron chi connectivity index (χ4n) is 2.59. The van der Waals surface area contributed by atoms with Gasteiger partial charge in [-0.1, -0.05) is 30.3 Å². The topological polar surface area (TPSA) is 70.4 Å². The summed E-state index contributed by atoms with van der Waals surface area (Å²) in [6, 6.07) is 10.5. The molecule has 1 aromatic carbocycles. The third-order valence-corrected chi connectivity index (χ3v) is 3.54. The summed E-state index contributed by atoms with van der Waals surface area (Å²) < 4.78 is 4.74. The van der Waals surface area contributed by atoms with Crippen LogP contribution >= 0.6 is 0 Å². The minimum Gasteiger partial charge on any atom is -0.468 e. The summed E-state index contributed by atoms with van der Waals surface area (Å²) in [5.41, 5.74) is -0.718.